The van der Waals surface area contributed by atoms with Gasteiger partial charge in [-0.3, -0.25) is 14.5 Å². The van der Waals surface area contributed by atoms with Crippen LogP contribution in [0, 0.1) is 5.41 Å². The maximum absolute atomic E-state index is 11.9. The average molecular weight is 285 g/mol. The van der Waals surface area contributed by atoms with Crippen LogP contribution in [0.2, 0.25) is 0 Å². The zero-order valence-corrected chi connectivity index (χ0v) is 12.5. The lowest BCUT2D eigenvalue weighted by atomic mass is 9.82. The van der Waals surface area contributed by atoms with E-state index in [4.69, 9.17) is 5.73 Å². The summed E-state index contributed by atoms with van der Waals surface area (Å²) in [6.45, 7) is 5.88. The predicted octanol–water partition coefficient (Wildman–Crippen LogP) is 0.417. The van der Waals surface area contributed by atoms with E-state index in [2.05, 4.69) is 10.2 Å². The lowest BCUT2D eigenvalue weighted by Crippen LogP contribution is -2.47. The van der Waals surface area contributed by atoms with E-state index in [1.54, 1.807) is 0 Å². The number of nitrogens with two attached hydrogens (primary N) is 1. The molecule has 6 nitrogen and oxygen atoms in total. The van der Waals surface area contributed by atoms with Crippen molar-refractivity contribution < 1.29 is 14.7 Å². The molecule has 1 rings (SSSR count). The molecular formula is C14H27N3O3. The Bertz CT molecular complexity index is 335. The fourth-order valence-electron chi connectivity index (χ4n) is 2.52. The minimum absolute atomic E-state index is 0.104. The molecule has 0 radical (unpaired) electrons. The Morgan fingerprint density at radius 1 is 1.30 bits per heavy atom. The van der Waals surface area contributed by atoms with Crippen LogP contribution in [0.1, 0.15) is 39.5 Å². The fourth-order valence-corrected chi connectivity index (χ4v) is 2.52. The molecule has 1 heterocycles. The zero-order valence-electron chi connectivity index (χ0n) is 12.5. The van der Waals surface area contributed by atoms with Crippen LogP contribution < -0.4 is 11.1 Å². The average Bonchev–Trinajstić information content (AvgIpc) is 2.43. The van der Waals surface area contributed by atoms with Gasteiger partial charge in [-0.2, -0.15) is 0 Å². The molecule has 6 heteroatoms. The molecule has 1 aliphatic rings. The highest BCUT2D eigenvalue weighted by Gasteiger charge is 2.35. The lowest BCUT2D eigenvalue weighted by Gasteiger charge is -2.30. The van der Waals surface area contributed by atoms with Gasteiger partial charge in [0, 0.05) is 25.7 Å². The molecule has 0 spiro atoms. The van der Waals surface area contributed by atoms with E-state index in [-0.39, 0.29) is 18.5 Å². The summed E-state index contributed by atoms with van der Waals surface area (Å²) in [4.78, 5) is 25.3. The molecule has 1 aliphatic heterocycles. The Hall–Kier alpha value is -1.14. The first-order valence-corrected chi connectivity index (χ1v) is 7.41. The monoisotopic (exact) mass is 285 g/mol. The van der Waals surface area contributed by atoms with E-state index in [1.165, 1.54) is 0 Å². The van der Waals surface area contributed by atoms with Crippen LogP contribution in [0.15, 0.2) is 0 Å². The van der Waals surface area contributed by atoms with E-state index in [0.29, 0.717) is 19.4 Å². The van der Waals surface area contributed by atoms with Gasteiger partial charge in [0.25, 0.3) is 0 Å². The van der Waals surface area contributed by atoms with Crippen LogP contribution in [0.5, 0.6) is 0 Å². The molecule has 0 bridgehead atoms. The minimum Gasteiger partial charge on any atom is -0.481 e. The van der Waals surface area contributed by atoms with Gasteiger partial charge in [0.15, 0.2) is 0 Å². The Morgan fingerprint density at radius 2 is 1.85 bits per heavy atom. The van der Waals surface area contributed by atoms with E-state index in [1.807, 2.05) is 13.8 Å². The van der Waals surface area contributed by atoms with E-state index >= 15 is 0 Å². The van der Waals surface area contributed by atoms with Crippen LogP contribution >= 0.6 is 0 Å². The van der Waals surface area contributed by atoms with Gasteiger partial charge < -0.3 is 16.2 Å². The molecule has 0 aromatic rings. The largest absolute Gasteiger partial charge is 0.481 e. The van der Waals surface area contributed by atoms with Crippen molar-refractivity contribution in [2.24, 2.45) is 11.1 Å². The summed E-state index contributed by atoms with van der Waals surface area (Å²) < 4.78 is 0. The minimum atomic E-state index is -0.847. The van der Waals surface area contributed by atoms with Crippen LogP contribution in [-0.2, 0) is 9.59 Å². The molecule has 0 unspecified atom stereocenters. The number of piperidine rings is 1. The van der Waals surface area contributed by atoms with E-state index in [0.717, 1.165) is 25.9 Å². The maximum Gasteiger partial charge on any atom is 0.311 e. The summed E-state index contributed by atoms with van der Waals surface area (Å²) >= 11 is 0. The van der Waals surface area contributed by atoms with Crippen molar-refractivity contribution in [3.05, 3.63) is 0 Å². The van der Waals surface area contributed by atoms with Crippen molar-refractivity contribution in [1.82, 2.24) is 10.2 Å². The number of amides is 1. The molecule has 4 N–H and O–H groups in total. The second-order valence-electron chi connectivity index (χ2n) is 5.68. The number of carbonyl (C=O) groups is 2. The van der Waals surface area contributed by atoms with Gasteiger partial charge in [0.05, 0.1) is 12.0 Å². The first-order valence-electron chi connectivity index (χ1n) is 7.41. The molecule has 1 amide bonds. The number of aliphatic carboxylic acids is 1. The van der Waals surface area contributed by atoms with Crippen LogP contribution in [0.25, 0.3) is 0 Å². The molecule has 0 atom stereocenters. The Morgan fingerprint density at radius 3 is 2.30 bits per heavy atom. The third-order valence-corrected chi connectivity index (χ3v) is 4.43. The highest BCUT2D eigenvalue weighted by Crippen LogP contribution is 2.25. The number of rotatable bonds is 7. The zero-order chi connectivity index (χ0) is 15.2. The van der Waals surface area contributed by atoms with Gasteiger partial charge in [-0.15, -0.1) is 0 Å². The maximum atomic E-state index is 11.9. The number of carboxylic acid groups (broad SMARTS) is 1. The highest BCUT2D eigenvalue weighted by molar-refractivity contribution is 5.80. The van der Waals surface area contributed by atoms with Gasteiger partial charge >= 0.3 is 5.97 Å². The SMILES string of the molecule is CCC(CC)(CNC(=O)CN1CCC(N)CC1)C(=O)O. The lowest BCUT2D eigenvalue weighted by molar-refractivity contribution is -0.149. The molecular weight excluding hydrogens is 258 g/mol. The molecule has 0 saturated carbocycles. The summed E-state index contributed by atoms with van der Waals surface area (Å²) in [7, 11) is 0. The second kappa shape index (κ2) is 7.59. The number of carboxylic acids is 1. The van der Waals surface area contributed by atoms with Gasteiger partial charge in [0.2, 0.25) is 5.91 Å². The van der Waals surface area contributed by atoms with Gasteiger partial charge in [-0.1, -0.05) is 13.8 Å². The third-order valence-electron chi connectivity index (χ3n) is 4.43. The third kappa shape index (κ3) is 4.45. The Kier molecular flexibility index (Phi) is 6.42. The smallest absolute Gasteiger partial charge is 0.311 e. The summed E-state index contributed by atoms with van der Waals surface area (Å²) in [5, 5.41) is 12.1. The first-order chi connectivity index (χ1) is 9.43. The van der Waals surface area contributed by atoms with Crippen molar-refractivity contribution in [1.29, 1.82) is 0 Å². The van der Waals surface area contributed by atoms with E-state index < -0.39 is 11.4 Å². The van der Waals surface area contributed by atoms with Crippen molar-refractivity contribution in [3.8, 4) is 0 Å². The van der Waals surface area contributed by atoms with Crippen molar-refractivity contribution in [3.63, 3.8) is 0 Å². The quantitative estimate of drug-likeness (QED) is 0.630. The molecule has 1 fully saturated rings. The van der Waals surface area contributed by atoms with Gasteiger partial charge in [0.1, 0.15) is 0 Å². The van der Waals surface area contributed by atoms with Crippen molar-refractivity contribution in [2.75, 3.05) is 26.2 Å². The van der Waals surface area contributed by atoms with Gasteiger partial charge in [-0.25, -0.2) is 0 Å². The number of hydrogen-bond donors (Lipinski definition) is 3. The molecule has 0 aliphatic carbocycles. The Labute approximate surface area is 120 Å². The number of likely N-dealkylation sites (tertiary alicyclic amines) is 1. The molecule has 0 aromatic carbocycles. The summed E-state index contributed by atoms with van der Waals surface area (Å²) in [5.74, 6) is -0.945. The van der Waals surface area contributed by atoms with Gasteiger partial charge in [-0.05, 0) is 25.7 Å². The second-order valence-corrected chi connectivity index (χ2v) is 5.68. The van der Waals surface area contributed by atoms with Crippen LogP contribution in [-0.4, -0.2) is 54.1 Å². The standard InChI is InChI=1S/C14H27N3O3/c1-3-14(4-2,13(19)20)10-16-12(18)9-17-7-5-11(15)6-8-17/h11H,3-10,15H2,1-2H3,(H,16,18)(H,19,20). The first kappa shape index (κ1) is 16.9. The van der Waals surface area contributed by atoms with Crippen molar-refractivity contribution in [2.45, 2.75) is 45.6 Å². The summed E-state index contributed by atoms with van der Waals surface area (Å²) in [6.07, 6.45) is 2.85. The molecule has 20 heavy (non-hydrogen) atoms. The number of nitrogens with one attached hydrogen (secondary N) is 1. The van der Waals surface area contributed by atoms with Crippen LogP contribution in [0.4, 0.5) is 0 Å². The van der Waals surface area contributed by atoms with Crippen LogP contribution in [0.3, 0.4) is 0 Å². The van der Waals surface area contributed by atoms with E-state index in [9.17, 15) is 14.7 Å². The number of carbonyl (C=O) groups excluding carboxylic acids is 1. The molecule has 116 valence electrons. The fraction of sp³-hybridized carbons (Fsp3) is 0.857. The Balaban J connectivity index is 2.40. The molecule has 1 saturated heterocycles. The topological polar surface area (TPSA) is 95.7 Å². The number of hydrogen-bond acceptors (Lipinski definition) is 4. The predicted molar refractivity (Wildman–Crippen MR) is 77.3 cm³/mol. The molecule has 0 aromatic heterocycles. The number of nitrogens with zero attached hydrogens (tertiary/aromatic N) is 1. The summed E-state index contributed by atoms with van der Waals surface area (Å²) in [6, 6.07) is 0.245. The normalized spacial score (nSPS) is 17.9. The highest BCUT2D eigenvalue weighted by atomic mass is 16.4. The van der Waals surface area contributed by atoms with Crippen molar-refractivity contribution >= 4 is 11.9 Å². The summed E-state index contributed by atoms with van der Waals surface area (Å²) in [5.41, 5.74) is 4.97.